The van der Waals surface area contributed by atoms with Gasteiger partial charge in [-0.1, -0.05) is 35.9 Å². The molecule has 0 saturated carbocycles. The molecule has 0 bridgehead atoms. The molecular formula is C20H16ClN3O3S. The average molecular weight is 414 g/mol. The van der Waals surface area contributed by atoms with Crippen molar-refractivity contribution >= 4 is 45.1 Å². The third-order valence-corrected chi connectivity index (χ3v) is 5.37. The van der Waals surface area contributed by atoms with Crippen LogP contribution in [-0.2, 0) is 14.8 Å². The summed E-state index contributed by atoms with van der Waals surface area (Å²) in [5, 5.41) is 3.21. The van der Waals surface area contributed by atoms with Crippen molar-refractivity contribution in [3.8, 4) is 0 Å². The van der Waals surface area contributed by atoms with E-state index in [1.54, 1.807) is 42.5 Å². The maximum absolute atomic E-state index is 12.4. The average Bonchev–Trinajstić information content (AvgIpc) is 2.68. The van der Waals surface area contributed by atoms with E-state index in [-0.39, 0.29) is 16.6 Å². The maximum atomic E-state index is 12.4. The Morgan fingerprint density at radius 3 is 2.36 bits per heavy atom. The van der Waals surface area contributed by atoms with Crippen LogP contribution in [0.4, 0.5) is 11.5 Å². The Morgan fingerprint density at radius 1 is 0.964 bits per heavy atom. The zero-order valence-electron chi connectivity index (χ0n) is 14.5. The Bertz CT molecular complexity index is 1100. The van der Waals surface area contributed by atoms with Crippen LogP contribution in [0.5, 0.6) is 0 Å². The number of hydrogen-bond acceptors (Lipinski definition) is 4. The Morgan fingerprint density at radius 2 is 1.68 bits per heavy atom. The molecule has 0 aliphatic carbocycles. The van der Waals surface area contributed by atoms with Gasteiger partial charge in [0.25, 0.3) is 10.0 Å². The van der Waals surface area contributed by atoms with Crippen LogP contribution in [0.2, 0.25) is 5.02 Å². The molecule has 0 atom stereocenters. The lowest BCUT2D eigenvalue weighted by Gasteiger charge is -2.08. The summed E-state index contributed by atoms with van der Waals surface area (Å²) in [6, 6.07) is 17.9. The van der Waals surface area contributed by atoms with Gasteiger partial charge in [-0.2, -0.15) is 0 Å². The van der Waals surface area contributed by atoms with Crippen molar-refractivity contribution in [3.05, 3.63) is 89.6 Å². The zero-order chi connectivity index (χ0) is 20.0. The molecule has 1 amide bonds. The quantitative estimate of drug-likeness (QED) is 0.593. The molecule has 1 aromatic heterocycles. The Kier molecular flexibility index (Phi) is 6.08. The van der Waals surface area contributed by atoms with Gasteiger partial charge in [-0.3, -0.25) is 9.52 Å². The van der Waals surface area contributed by atoms with Crippen LogP contribution in [0, 0.1) is 0 Å². The van der Waals surface area contributed by atoms with Crippen molar-refractivity contribution in [1.82, 2.24) is 4.98 Å². The highest BCUT2D eigenvalue weighted by atomic mass is 35.5. The summed E-state index contributed by atoms with van der Waals surface area (Å²) in [5.41, 5.74) is 1.19. The van der Waals surface area contributed by atoms with E-state index >= 15 is 0 Å². The predicted molar refractivity (Wildman–Crippen MR) is 111 cm³/mol. The van der Waals surface area contributed by atoms with Gasteiger partial charge in [0.1, 0.15) is 5.82 Å². The van der Waals surface area contributed by atoms with Crippen molar-refractivity contribution in [1.29, 1.82) is 0 Å². The van der Waals surface area contributed by atoms with Crippen LogP contribution in [0.3, 0.4) is 0 Å². The van der Waals surface area contributed by atoms with Crippen LogP contribution >= 0.6 is 11.6 Å². The van der Waals surface area contributed by atoms with Crippen LogP contribution in [-0.4, -0.2) is 19.3 Å². The molecule has 6 nitrogen and oxygen atoms in total. The van der Waals surface area contributed by atoms with E-state index in [0.29, 0.717) is 10.7 Å². The first-order valence-corrected chi connectivity index (χ1v) is 10.1. The molecular weight excluding hydrogens is 398 g/mol. The molecule has 1 heterocycles. The van der Waals surface area contributed by atoms with E-state index in [9.17, 15) is 13.2 Å². The third-order valence-electron chi connectivity index (χ3n) is 3.66. The lowest BCUT2D eigenvalue weighted by Crippen LogP contribution is -2.14. The Hall–Kier alpha value is -3.16. The van der Waals surface area contributed by atoms with Gasteiger partial charge in [0.15, 0.2) is 0 Å². The molecule has 0 aliphatic heterocycles. The lowest BCUT2D eigenvalue weighted by molar-refractivity contribution is -0.111. The highest BCUT2D eigenvalue weighted by Gasteiger charge is 2.14. The van der Waals surface area contributed by atoms with Gasteiger partial charge in [0.05, 0.1) is 4.90 Å². The number of amides is 1. The number of pyridine rings is 1. The summed E-state index contributed by atoms with van der Waals surface area (Å²) in [4.78, 5) is 16.0. The smallest absolute Gasteiger partial charge is 0.263 e. The number of nitrogens with zero attached hydrogens (tertiary/aromatic N) is 1. The van der Waals surface area contributed by atoms with Crippen LogP contribution in [0.15, 0.2) is 83.9 Å². The zero-order valence-corrected chi connectivity index (χ0v) is 16.1. The van der Waals surface area contributed by atoms with E-state index in [4.69, 9.17) is 11.6 Å². The molecule has 2 N–H and O–H groups in total. The highest BCUT2D eigenvalue weighted by molar-refractivity contribution is 7.92. The van der Waals surface area contributed by atoms with Gasteiger partial charge in [-0.15, -0.1) is 0 Å². The van der Waals surface area contributed by atoms with Gasteiger partial charge < -0.3 is 5.32 Å². The fourth-order valence-corrected chi connectivity index (χ4v) is 3.50. The first-order valence-electron chi connectivity index (χ1n) is 8.21. The molecule has 28 heavy (non-hydrogen) atoms. The summed E-state index contributed by atoms with van der Waals surface area (Å²) in [6.45, 7) is 0. The van der Waals surface area contributed by atoms with Crippen molar-refractivity contribution in [2.75, 3.05) is 10.0 Å². The Balaban J connectivity index is 1.65. The number of carbonyl (C=O) groups is 1. The van der Waals surface area contributed by atoms with Crippen LogP contribution < -0.4 is 10.0 Å². The normalized spacial score (nSPS) is 11.3. The second kappa shape index (κ2) is 8.69. The molecule has 3 aromatic rings. The minimum absolute atomic E-state index is 0.0581. The summed E-state index contributed by atoms with van der Waals surface area (Å²) < 4.78 is 27.1. The Labute approximate surface area is 167 Å². The molecule has 0 fully saturated rings. The summed E-state index contributed by atoms with van der Waals surface area (Å²) >= 11 is 6.04. The molecule has 0 spiro atoms. The number of nitrogens with one attached hydrogen (secondary N) is 2. The number of benzene rings is 2. The minimum atomic E-state index is -3.76. The maximum Gasteiger partial charge on any atom is 0.263 e. The molecule has 0 radical (unpaired) electrons. The van der Waals surface area contributed by atoms with E-state index < -0.39 is 10.0 Å². The second-order valence-corrected chi connectivity index (χ2v) is 7.78. The lowest BCUT2D eigenvalue weighted by atomic mass is 10.2. The van der Waals surface area contributed by atoms with E-state index in [1.165, 1.54) is 36.5 Å². The van der Waals surface area contributed by atoms with Gasteiger partial charge in [-0.25, -0.2) is 13.4 Å². The van der Waals surface area contributed by atoms with Gasteiger partial charge in [-0.05, 0) is 54.1 Å². The van der Waals surface area contributed by atoms with Gasteiger partial charge in [0.2, 0.25) is 5.91 Å². The second-order valence-electron chi connectivity index (χ2n) is 5.69. The van der Waals surface area contributed by atoms with Crippen molar-refractivity contribution in [2.24, 2.45) is 0 Å². The fraction of sp³-hybridized carbons (Fsp3) is 0. The minimum Gasteiger partial charge on any atom is -0.323 e. The number of sulfonamides is 1. The molecule has 0 aliphatic rings. The van der Waals surface area contributed by atoms with Crippen molar-refractivity contribution < 1.29 is 13.2 Å². The fourth-order valence-electron chi connectivity index (χ4n) is 2.30. The van der Waals surface area contributed by atoms with E-state index in [2.05, 4.69) is 15.0 Å². The van der Waals surface area contributed by atoms with Crippen LogP contribution in [0.1, 0.15) is 5.56 Å². The number of aromatic nitrogens is 1. The number of hydrogen-bond donors (Lipinski definition) is 2. The van der Waals surface area contributed by atoms with Gasteiger partial charge >= 0.3 is 0 Å². The van der Waals surface area contributed by atoms with E-state index in [0.717, 1.165) is 5.56 Å². The molecule has 2 aromatic carbocycles. The molecule has 142 valence electrons. The third kappa shape index (κ3) is 5.18. The standard InChI is InChI=1S/C20H16ClN3O3S/c21-18-6-2-1-5-15(18)8-13-20(25)23-16-9-11-17(12-10-16)28(26,27)24-19-7-3-4-14-22-19/h1-14H,(H,22,24)(H,23,25)/b13-8+. The number of carbonyl (C=O) groups excluding carboxylic acids is 1. The van der Waals surface area contributed by atoms with Crippen molar-refractivity contribution in [3.63, 3.8) is 0 Å². The topological polar surface area (TPSA) is 88.2 Å². The summed E-state index contributed by atoms with van der Waals surface area (Å²) in [6.07, 6.45) is 4.45. The van der Waals surface area contributed by atoms with Gasteiger partial charge in [0, 0.05) is 23.0 Å². The largest absolute Gasteiger partial charge is 0.323 e. The molecule has 0 saturated heterocycles. The first-order chi connectivity index (χ1) is 13.4. The number of rotatable bonds is 6. The number of halogens is 1. The summed E-state index contributed by atoms with van der Waals surface area (Å²) in [7, 11) is -3.76. The monoisotopic (exact) mass is 413 g/mol. The molecule has 8 heteroatoms. The molecule has 3 rings (SSSR count). The SMILES string of the molecule is O=C(/C=C/c1ccccc1Cl)Nc1ccc(S(=O)(=O)Nc2ccccn2)cc1. The molecule has 0 unspecified atom stereocenters. The van der Waals surface area contributed by atoms with Crippen molar-refractivity contribution in [2.45, 2.75) is 4.90 Å². The van der Waals surface area contributed by atoms with Crippen LogP contribution in [0.25, 0.3) is 6.08 Å². The predicted octanol–water partition coefficient (Wildman–Crippen LogP) is 4.19. The van der Waals surface area contributed by atoms with E-state index in [1.807, 2.05) is 6.07 Å². The highest BCUT2D eigenvalue weighted by Crippen LogP contribution is 2.18. The first kappa shape index (κ1) is 19.6. The summed E-state index contributed by atoms with van der Waals surface area (Å²) in [5.74, 6) is -0.133. The number of anilines is 2.